The summed E-state index contributed by atoms with van der Waals surface area (Å²) in [6.45, 7) is 2.25. The molecule has 0 heterocycles. The summed E-state index contributed by atoms with van der Waals surface area (Å²) in [5.74, 6) is 0.659. The fraction of sp³-hybridized carbons (Fsp3) is 0.269. The average molecular weight is 467 g/mol. The lowest BCUT2D eigenvalue weighted by atomic mass is 10.1. The summed E-state index contributed by atoms with van der Waals surface area (Å²) in [4.78, 5) is 12.6. The minimum Gasteiger partial charge on any atom is -0.496 e. The summed E-state index contributed by atoms with van der Waals surface area (Å²) in [5.41, 5.74) is 2.90. The monoisotopic (exact) mass is 466 g/mol. The van der Waals surface area contributed by atoms with Crippen molar-refractivity contribution in [1.29, 1.82) is 0 Å². The van der Waals surface area contributed by atoms with Crippen LogP contribution in [-0.2, 0) is 27.7 Å². The lowest BCUT2D eigenvalue weighted by Crippen LogP contribution is -2.27. The van der Waals surface area contributed by atoms with Crippen LogP contribution in [0.25, 0.3) is 0 Å². The van der Waals surface area contributed by atoms with Gasteiger partial charge in [0.05, 0.1) is 18.0 Å². The zero-order chi connectivity index (χ0) is 23.7. The predicted molar refractivity (Wildman–Crippen MR) is 130 cm³/mol. The fourth-order valence-electron chi connectivity index (χ4n) is 3.57. The van der Waals surface area contributed by atoms with Gasteiger partial charge in [0.15, 0.2) is 0 Å². The Morgan fingerprint density at radius 2 is 1.52 bits per heavy atom. The Balaban J connectivity index is 1.49. The lowest BCUT2D eigenvalue weighted by Gasteiger charge is -2.17. The summed E-state index contributed by atoms with van der Waals surface area (Å²) in [7, 11) is -1.97. The Bertz CT molecular complexity index is 1150. The highest BCUT2D eigenvalue weighted by Crippen LogP contribution is 2.24. The third kappa shape index (κ3) is 7.17. The van der Waals surface area contributed by atoms with Crippen LogP contribution in [0.1, 0.15) is 36.1 Å². The van der Waals surface area contributed by atoms with E-state index in [9.17, 15) is 13.2 Å². The van der Waals surface area contributed by atoms with E-state index in [-0.39, 0.29) is 16.8 Å². The Hall–Kier alpha value is -3.16. The van der Waals surface area contributed by atoms with Gasteiger partial charge >= 0.3 is 0 Å². The molecule has 0 aliphatic heterocycles. The van der Waals surface area contributed by atoms with Crippen molar-refractivity contribution >= 4 is 15.9 Å². The highest BCUT2D eigenvalue weighted by atomic mass is 32.2. The molecule has 0 fully saturated rings. The van der Waals surface area contributed by atoms with Gasteiger partial charge in [-0.3, -0.25) is 4.79 Å². The average Bonchev–Trinajstić information content (AvgIpc) is 2.83. The molecule has 174 valence electrons. The summed E-state index contributed by atoms with van der Waals surface area (Å²) in [6.07, 6.45) is 1.45. The molecule has 1 amide bonds. The van der Waals surface area contributed by atoms with Crippen molar-refractivity contribution in [3.05, 3.63) is 95.6 Å². The third-order valence-corrected chi connectivity index (χ3v) is 6.88. The molecule has 0 saturated heterocycles. The first-order chi connectivity index (χ1) is 15.9. The molecule has 0 saturated carbocycles. The number of ether oxygens (including phenoxy) is 1. The second-order valence-electron chi connectivity index (χ2n) is 7.81. The summed E-state index contributed by atoms with van der Waals surface area (Å²) in [6, 6.07) is 23.8. The first kappa shape index (κ1) is 24.5. The van der Waals surface area contributed by atoms with Gasteiger partial charge in [0.2, 0.25) is 15.9 Å². The highest BCUT2D eigenvalue weighted by Gasteiger charge is 2.15. The Morgan fingerprint density at radius 1 is 0.879 bits per heavy atom. The van der Waals surface area contributed by atoms with Gasteiger partial charge in [-0.2, -0.15) is 0 Å². The molecule has 3 aromatic carbocycles. The van der Waals surface area contributed by atoms with E-state index >= 15 is 0 Å². The molecule has 0 spiro atoms. The second-order valence-corrected chi connectivity index (χ2v) is 9.58. The van der Waals surface area contributed by atoms with Gasteiger partial charge in [-0.05, 0) is 49.1 Å². The lowest BCUT2D eigenvalue weighted by molar-refractivity contribution is -0.121. The SMILES string of the molecule is COc1ccccc1[C@H](C)NC(=O)CCc1ccc(S(=O)(=O)NCCc2ccccc2)cc1. The first-order valence-electron chi connectivity index (χ1n) is 10.9. The van der Waals surface area contributed by atoms with Crippen LogP contribution < -0.4 is 14.8 Å². The molecule has 3 rings (SSSR count). The van der Waals surface area contributed by atoms with Gasteiger partial charge in [0.25, 0.3) is 0 Å². The third-order valence-electron chi connectivity index (χ3n) is 5.41. The van der Waals surface area contributed by atoms with Crippen LogP contribution in [0.3, 0.4) is 0 Å². The summed E-state index contributed by atoms with van der Waals surface area (Å²) < 4.78 is 33.0. The molecule has 2 N–H and O–H groups in total. The van der Waals surface area contributed by atoms with Crippen LogP contribution in [0.5, 0.6) is 5.75 Å². The fourth-order valence-corrected chi connectivity index (χ4v) is 4.60. The number of carbonyl (C=O) groups is 1. The van der Waals surface area contributed by atoms with Crippen LogP contribution in [-0.4, -0.2) is 28.0 Å². The first-order valence-corrected chi connectivity index (χ1v) is 12.4. The van der Waals surface area contributed by atoms with E-state index in [1.807, 2.05) is 61.5 Å². The van der Waals surface area contributed by atoms with Gasteiger partial charge in [0, 0.05) is 18.5 Å². The molecule has 1 atom stereocenters. The normalized spacial score (nSPS) is 12.2. The van der Waals surface area contributed by atoms with Crippen LogP contribution in [0, 0.1) is 0 Å². The predicted octanol–water partition coefficient (Wildman–Crippen LogP) is 4.03. The molecule has 0 bridgehead atoms. The molecule has 6 nitrogen and oxygen atoms in total. The van der Waals surface area contributed by atoms with Crippen molar-refractivity contribution in [2.24, 2.45) is 0 Å². The molecule has 7 heteroatoms. The summed E-state index contributed by atoms with van der Waals surface area (Å²) in [5, 5.41) is 2.99. The molecule has 0 radical (unpaired) electrons. The molecule has 0 aliphatic carbocycles. The standard InChI is InChI=1S/C26H30N2O4S/c1-20(24-10-6-7-11-25(24)32-2)28-26(29)17-14-22-12-15-23(16-13-22)33(30,31)27-19-18-21-8-4-3-5-9-21/h3-13,15-16,20,27H,14,17-19H2,1-2H3,(H,28,29)/t20-/m0/s1. The van der Waals surface area contributed by atoms with Crippen molar-refractivity contribution in [2.45, 2.75) is 37.1 Å². The molecular weight excluding hydrogens is 436 g/mol. The highest BCUT2D eigenvalue weighted by molar-refractivity contribution is 7.89. The Labute approximate surface area is 196 Å². The maximum atomic E-state index is 12.5. The van der Waals surface area contributed by atoms with E-state index in [1.165, 1.54) is 0 Å². The van der Waals surface area contributed by atoms with Gasteiger partial charge < -0.3 is 10.1 Å². The Kier molecular flexibility index (Phi) is 8.63. The van der Waals surface area contributed by atoms with Crippen molar-refractivity contribution in [3.63, 3.8) is 0 Å². The van der Waals surface area contributed by atoms with Crippen molar-refractivity contribution in [1.82, 2.24) is 10.0 Å². The molecule has 3 aromatic rings. The van der Waals surface area contributed by atoms with Gasteiger partial charge in [-0.25, -0.2) is 13.1 Å². The largest absolute Gasteiger partial charge is 0.496 e. The minimum atomic E-state index is -3.57. The number of nitrogens with one attached hydrogen (secondary N) is 2. The van der Waals surface area contributed by atoms with Crippen LogP contribution in [0.15, 0.2) is 83.8 Å². The quantitative estimate of drug-likeness (QED) is 0.447. The molecule has 0 unspecified atom stereocenters. The maximum absolute atomic E-state index is 12.5. The van der Waals surface area contributed by atoms with Gasteiger partial charge in [0.1, 0.15) is 5.75 Å². The van der Waals surface area contributed by atoms with Crippen LogP contribution in [0.2, 0.25) is 0 Å². The van der Waals surface area contributed by atoms with Crippen molar-refractivity contribution < 1.29 is 17.9 Å². The second kappa shape index (κ2) is 11.6. The summed E-state index contributed by atoms with van der Waals surface area (Å²) >= 11 is 0. The number of hydrogen-bond donors (Lipinski definition) is 2. The number of aryl methyl sites for hydroxylation is 1. The number of sulfonamides is 1. The van der Waals surface area contributed by atoms with E-state index in [0.29, 0.717) is 25.8 Å². The number of amides is 1. The molecule has 0 aromatic heterocycles. The topological polar surface area (TPSA) is 84.5 Å². The zero-order valence-electron chi connectivity index (χ0n) is 19.0. The van der Waals surface area contributed by atoms with Crippen molar-refractivity contribution in [2.75, 3.05) is 13.7 Å². The molecule has 33 heavy (non-hydrogen) atoms. The number of rotatable bonds is 11. The molecular formula is C26H30N2O4S. The Morgan fingerprint density at radius 3 is 2.21 bits per heavy atom. The number of hydrogen-bond acceptors (Lipinski definition) is 4. The van der Waals surface area contributed by atoms with E-state index in [4.69, 9.17) is 4.74 Å². The number of carbonyl (C=O) groups excluding carboxylic acids is 1. The van der Waals surface area contributed by atoms with E-state index in [0.717, 1.165) is 22.4 Å². The van der Waals surface area contributed by atoms with E-state index < -0.39 is 10.0 Å². The number of benzene rings is 3. The van der Waals surface area contributed by atoms with Gasteiger partial charge in [-0.1, -0.05) is 60.7 Å². The van der Waals surface area contributed by atoms with E-state index in [2.05, 4.69) is 10.0 Å². The number of para-hydroxylation sites is 1. The zero-order valence-corrected chi connectivity index (χ0v) is 19.8. The minimum absolute atomic E-state index is 0.0762. The van der Waals surface area contributed by atoms with Gasteiger partial charge in [-0.15, -0.1) is 0 Å². The van der Waals surface area contributed by atoms with Crippen LogP contribution >= 0.6 is 0 Å². The smallest absolute Gasteiger partial charge is 0.240 e. The van der Waals surface area contributed by atoms with Crippen LogP contribution in [0.4, 0.5) is 0 Å². The maximum Gasteiger partial charge on any atom is 0.240 e. The molecule has 0 aliphatic rings. The van der Waals surface area contributed by atoms with Crippen molar-refractivity contribution in [3.8, 4) is 5.75 Å². The van der Waals surface area contributed by atoms with E-state index in [1.54, 1.807) is 31.4 Å². The number of methoxy groups -OCH3 is 1.